The first-order valence-electron chi connectivity index (χ1n) is 8.06. The molecule has 27 heavy (non-hydrogen) atoms. The summed E-state index contributed by atoms with van der Waals surface area (Å²) >= 11 is 0. The Hall–Kier alpha value is -3.80. The number of benzene rings is 3. The summed E-state index contributed by atoms with van der Waals surface area (Å²) in [6, 6.07) is 18.5. The molecule has 6 heteroatoms. The van der Waals surface area contributed by atoms with Gasteiger partial charge in [-0.3, -0.25) is 4.79 Å². The van der Waals surface area contributed by atoms with Crippen LogP contribution in [0.15, 0.2) is 66.7 Å². The molecule has 0 unspecified atom stereocenters. The maximum atomic E-state index is 12.2. The highest BCUT2D eigenvalue weighted by Gasteiger charge is 2.16. The van der Waals surface area contributed by atoms with E-state index in [1.807, 2.05) is 30.3 Å². The number of aromatic hydroxyl groups is 3. The molecule has 3 aromatic carbocycles. The van der Waals surface area contributed by atoms with Crippen molar-refractivity contribution in [3.63, 3.8) is 0 Å². The molecule has 136 valence electrons. The lowest BCUT2D eigenvalue weighted by molar-refractivity contribution is 0.0474. The average Bonchev–Trinajstić information content (AvgIpc) is 2.70. The second-order valence-corrected chi connectivity index (χ2v) is 5.81. The van der Waals surface area contributed by atoms with Gasteiger partial charge in [-0.25, -0.2) is 4.79 Å². The van der Waals surface area contributed by atoms with Gasteiger partial charge in [-0.15, -0.1) is 0 Å². The molecule has 0 aromatic heterocycles. The monoisotopic (exact) mass is 364 g/mol. The maximum absolute atomic E-state index is 12.2. The fourth-order valence-corrected chi connectivity index (χ4v) is 2.50. The molecule has 0 spiro atoms. The zero-order chi connectivity index (χ0) is 19.4. The number of Topliss-reactive ketones (excluding diaryl/α,β-unsaturated/α-hetero) is 1. The van der Waals surface area contributed by atoms with Gasteiger partial charge in [-0.2, -0.15) is 0 Å². The van der Waals surface area contributed by atoms with E-state index in [0.717, 1.165) is 23.3 Å². The number of carbonyl (C=O) groups is 2. The van der Waals surface area contributed by atoms with Crippen LogP contribution in [0.4, 0.5) is 0 Å². The van der Waals surface area contributed by atoms with E-state index >= 15 is 0 Å². The van der Waals surface area contributed by atoms with Gasteiger partial charge < -0.3 is 20.1 Å². The Balaban J connectivity index is 1.65. The van der Waals surface area contributed by atoms with Crippen LogP contribution in [0.3, 0.4) is 0 Å². The quantitative estimate of drug-likeness (QED) is 0.364. The Morgan fingerprint density at radius 3 is 1.89 bits per heavy atom. The molecule has 0 amide bonds. The molecular weight excluding hydrogens is 348 g/mol. The lowest BCUT2D eigenvalue weighted by Gasteiger charge is -2.07. The van der Waals surface area contributed by atoms with Gasteiger partial charge in [-0.05, 0) is 23.3 Å². The Morgan fingerprint density at radius 1 is 0.741 bits per heavy atom. The van der Waals surface area contributed by atoms with Gasteiger partial charge in [0, 0.05) is 5.56 Å². The number of hydrogen-bond donors (Lipinski definition) is 3. The molecule has 6 nitrogen and oxygen atoms in total. The summed E-state index contributed by atoms with van der Waals surface area (Å²) in [6.07, 6.45) is 0. The smallest absolute Gasteiger partial charge is 0.338 e. The van der Waals surface area contributed by atoms with Crippen molar-refractivity contribution in [2.75, 3.05) is 6.61 Å². The molecule has 0 bridgehead atoms. The van der Waals surface area contributed by atoms with Gasteiger partial charge >= 0.3 is 5.97 Å². The Kier molecular flexibility index (Phi) is 5.08. The van der Waals surface area contributed by atoms with Crippen molar-refractivity contribution >= 4 is 11.8 Å². The summed E-state index contributed by atoms with van der Waals surface area (Å²) < 4.78 is 4.92. The summed E-state index contributed by atoms with van der Waals surface area (Å²) in [5.41, 5.74) is 2.18. The summed E-state index contributed by atoms with van der Waals surface area (Å²) in [5.74, 6) is -3.36. The van der Waals surface area contributed by atoms with Crippen molar-refractivity contribution in [2.45, 2.75) is 0 Å². The van der Waals surface area contributed by atoms with Crippen LogP contribution in [0, 0.1) is 0 Å². The lowest BCUT2D eigenvalue weighted by Crippen LogP contribution is -2.14. The highest BCUT2D eigenvalue weighted by atomic mass is 16.5. The molecule has 0 aliphatic carbocycles. The van der Waals surface area contributed by atoms with Crippen LogP contribution in [0.2, 0.25) is 0 Å². The molecule has 3 N–H and O–H groups in total. The van der Waals surface area contributed by atoms with Crippen LogP contribution < -0.4 is 0 Å². The van der Waals surface area contributed by atoms with Crippen LogP contribution in [-0.4, -0.2) is 33.7 Å². The summed E-state index contributed by atoms with van der Waals surface area (Å²) in [7, 11) is 0. The number of ketones is 1. The number of rotatable bonds is 5. The van der Waals surface area contributed by atoms with E-state index in [1.165, 1.54) is 0 Å². The average molecular weight is 364 g/mol. The highest BCUT2D eigenvalue weighted by molar-refractivity contribution is 5.99. The molecule has 0 heterocycles. The largest absolute Gasteiger partial charge is 0.504 e. The van der Waals surface area contributed by atoms with Crippen molar-refractivity contribution < 1.29 is 29.6 Å². The van der Waals surface area contributed by atoms with Gasteiger partial charge in [0.2, 0.25) is 0 Å². The number of esters is 1. The van der Waals surface area contributed by atoms with Gasteiger partial charge in [0.1, 0.15) is 0 Å². The molecule has 0 fully saturated rings. The predicted octanol–water partition coefficient (Wildman–Crippen LogP) is 3.51. The Morgan fingerprint density at radius 2 is 1.30 bits per heavy atom. The minimum absolute atomic E-state index is 0.185. The fourth-order valence-electron chi connectivity index (χ4n) is 2.50. The standard InChI is InChI=1S/C21H16O6/c22-17-10-16(11-18(23)20(17)25)21(26)27-12-19(24)15-8-6-14(7-9-15)13-4-2-1-3-5-13/h1-11,22-23,25H,12H2. The van der Waals surface area contributed by atoms with E-state index in [2.05, 4.69) is 0 Å². The molecule has 0 saturated carbocycles. The topological polar surface area (TPSA) is 104 Å². The zero-order valence-corrected chi connectivity index (χ0v) is 14.1. The van der Waals surface area contributed by atoms with E-state index in [0.29, 0.717) is 5.56 Å². The normalized spacial score (nSPS) is 10.4. The number of phenolic OH excluding ortho intramolecular Hbond substituents is 3. The minimum atomic E-state index is -0.908. The summed E-state index contributed by atoms with van der Waals surface area (Å²) in [5, 5.41) is 28.1. The Labute approximate surface area is 154 Å². The van der Waals surface area contributed by atoms with Gasteiger partial charge in [0.15, 0.2) is 29.6 Å². The van der Waals surface area contributed by atoms with E-state index in [-0.39, 0.29) is 5.56 Å². The second-order valence-electron chi connectivity index (χ2n) is 5.81. The second kappa shape index (κ2) is 7.61. The van der Waals surface area contributed by atoms with E-state index in [1.54, 1.807) is 24.3 Å². The fraction of sp³-hybridized carbons (Fsp3) is 0.0476. The van der Waals surface area contributed by atoms with Crippen LogP contribution >= 0.6 is 0 Å². The van der Waals surface area contributed by atoms with Crippen molar-refractivity contribution in [1.82, 2.24) is 0 Å². The SMILES string of the molecule is O=C(COC(=O)c1cc(O)c(O)c(O)c1)c1ccc(-c2ccccc2)cc1. The van der Waals surface area contributed by atoms with Gasteiger partial charge in [0.25, 0.3) is 0 Å². The molecule has 0 radical (unpaired) electrons. The van der Waals surface area contributed by atoms with Crippen LogP contribution in [0.5, 0.6) is 17.2 Å². The van der Waals surface area contributed by atoms with Crippen molar-refractivity contribution in [2.24, 2.45) is 0 Å². The van der Waals surface area contributed by atoms with Crippen LogP contribution in [0.25, 0.3) is 11.1 Å². The van der Waals surface area contributed by atoms with Crippen molar-refractivity contribution in [1.29, 1.82) is 0 Å². The molecule has 0 atom stereocenters. The molecule has 0 aliphatic heterocycles. The summed E-state index contributed by atoms with van der Waals surface area (Å²) in [6.45, 7) is -0.494. The van der Waals surface area contributed by atoms with E-state index in [4.69, 9.17) is 4.74 Å². The first kappa shape index (κ1) is 18.0. The maximum Gasteiger partial charge on any atom is 0.338 e. The number of ether oxygens (including phenoxy) is 1. The first-order chi connectivity index (χ1) is 13.0. The predicted molar refractivity (Wildman–Crippen MR) is 97.9 cm³/mol. The molecule has 3 rings (SSSR count). The third-order valence-corrected chi connectivity index (χ3v) is 3.95. The van der Waals surface area contributed by atoms with Gasteiger partial charge in [-0.1, -0.05) is 54.6 Å². The van der Waals surface area contributed by atoms with E-state index in [9.17, 15) is 24.9 Å². The third-order valence-electron chi connectivity index (χ3n) is 3.95. The third kappa shape index (κ3) is 4.07. The van der Waals surface area contributed by atoms with E-state index < -0.39 is 35.6 Å². The molecule has 3 aromatic rings. The van der Waals surface area contributed by atoms with Crippen LogP contribution in [-0.2, 0) is 4.74 Å². The summed E-state index contributed by atoms with van der Waals surface area (Å²) in [4.78, 5) is 24.2. The van der Waals surface area contributed by atoms with Crippen molar-refractivity contribution in [3.05, 3.63) is 77.9 Å². The number of carbonyl (C=O) groups excluding carboxylic acids is 2. The highest BCUT2D eigenvalue weighted by Crippen LogP contribution is 2.35. The number of phenols is 3. The minimum Gasteiger partial charge on any atom is -0.504 e. The van der Waals surface area contributed by atoms with Crippen molar-refractivity contribution in [3.8, 4) is 28.4 Å². The lowest BCUT2D eigenvalue weighted by atomic mass is 10.0. The zero-order valence-electron chi connectivity index (χ0n) is 14.1. The molecule has 0 saturated heterocycles. The van der Waals surface area contributed by atoms with Gasteiger partial charge in [0.05, 0.1) is 5.56 Å². The molecular formula is C21H16O6. The first-order valence-corrected chi connectivity index (χ1v) is 8.06. The molecule has 0 aliphatic rings. The number of hydrogen-bond acceptors (Lipinski definition) is 6. The van der Waals surface area contributed by atoms with Crippen LogP contribution in [0.1, 0.15) is 20.7 Å². The Bertz CT molecular complexity index is 954.